The van der Waals surface area contributed by atoms with E-state index in [0.29, 0.717) is 43.3 Å². The van der Waals surface area contributed by atoms with Gasteiger partial charge in [0.05, 0.1) is 24.5 Å². The van der Waals surface area contributed by atoms with E-state index in [4.69, 9.17) is 9.97 Å². The van der Waals surface area contributed by atoms with Crippen molar-refractivity contribution >= 4 is 17.5 Å². The van der Waals surface area contributed by atoms with Crippen molar-refractivity contribution in [3.05, 3.63) is 65.9 Å². The Bertz CT molecular complexity index is 1370. The van der Waals surface area contributed by atoms with Crippen LogP contribution in [0.5, 0.6) is 0 Å². The average molecular weight is 486 g/mol. The second-order valence-corrected chi connectivity index (χ2v) is 9.92. The monoisotopic (exact) mass is 485 g/mol. The second-order valence-electron chi connectivity index (χ2n) is 9.92. The van der Waals surface area contributed by atoms with Crippen LogP contribution in [0, 0.1) is 0 Å². The first-order valence-electron chi connectivity index (χ1n) is 12.6. The van der Waals surface area contributed by atoms with Crippen molar-refractivity contribution in [2.24, 2.45) is 0 Å². The molecule has 0 spiro atoms. The third kappa shape index (κ3) is 4.21. The van der Waals surface area contributed by atoms with Crippen LogP contribution in [0.15, 0.2) is 48.9 Å². The number of aromatic nitrogens is 6. The van der Waals surface area contributed by atoms with Crippen LogP contribution in [0.3, 0.4) is 0 Å². The standard InChI is InChI=1S/C26H31N9O/c1-18(2)21-14-29-35-25(21)30-23(17-32-15-20(16-32)33-11-5-9-24(33)36)31-26(35)27-13-19-7-3-4-8-22(19)34-12-6-10-28-34/h3-4,6-8,10,12,14,18,20H,5,9,11,13,15-17H2,1-2H3,(H,27,30,31). The van der Waals surface area contributed by atoms with Crippen LogP contribution < -0.4 is 5.32 Å². The second kappa shape index (κ2) is 9.34. The van der Waals surface area contributed by atoms with Crippen LogP contribution in [0.25, 0.3) is 11.3 Å². The molecule has 1 aromatic carbocycles. The fourth-order valence-corrected chi connectivity index (χ4v) is 5.12. The number of rotatable bonds is 8. The van der Waals surface area contributed by atoms with Crippen LogP contribution in [0.2, 0.25) is 0 Å². The zero-order valence-electron chi connectivity index (χ0n) is 20.7. The lowest BCUT2D eigenvalue weighted by molar-refractivity contribution is -0.133. The molecule has 6 rings (SSSR count). The van der Waals surface area contributed by atoms with Gasteiger partial charge in [0.1, 0.15) is 5.82 Å². The molecular weight excluding hydrogens is 454 g/mol. The summed E-state index contributed by atoms with van der Waals surface area (Å²) in [6, 6.07) is 10.4. The predicted octanol–water partition coefficient (Wildman–Crippen LogP) is 2.85. The van der Waals surface area contributed by atoms with Gasteiger partial charge in [-0.05, 0) is 30.0 Å². The number of benzene rings is 1. The van der Waals surface area contributed by atoms with E-state index >= 15 is 0 Å². The van der Waals surface area contributed by atoms with Gasteiger partial charge in [-0.2, -0.15) is 19.7 Å². The minimum Gasteiger partial charge on any atom is -0.350 e. The fourth-order valence-electron chi connectivity index (χ4n) is 5.12. The normalized spacial score (nSPS) is 16.9. The molecule has 36 heavy (non-hydrogen) atoms. The van der Waals surface area contributed by atoms with Crippen molar-refractivity contribution in [2.45, 2.75) is 51.7 Å². The molecule has 0 atom stereocenters. The lowest BCUT2D eigenvalue weighted by Gasteiger charge is -2.43. The number of para-hydroxylation sites is 1. The van der Waals surface area contributed by atoms with Crippen molar-refractivity contribution in [1.29, 1.82) is 0 Å². The van der Waals surface area contributed by atoms with Crippen molar-refractivity contribution < 1.29 is 4.79 Å². The van der Waals surface area contributed by atoms with Crippen molar-refractivity contribution in [2.75, 3.05) is 25.0 Å². The van der Waals surface area contributed by atoms with E-state index in [1.54, 1.807) is 10.7 Å². The molecule has 1 amide bonds. The van der Waals surface area contributed by atoms with Gasteiger partial charge in [0.2, 0.25) is 11.9 Å². The number of carbonyl (C=O) groups excluding carboxylic acids is 1. The highest BCUT2D eigenvalue weighted by atomic mass is 16.2. The number of likely N-dealkylation sites (tertiary alicyclic amines) is 2. The molecule has 186 valence electrons. The Hall–Kier alpha value is -3.79. The van der Waals surface area contributed by atoms with Crippen molar-refractivity contribution in [3.8, 4) is 5.69 Å². The molecule has 1 N–H and O–H groups in total. The largest absolute Gasteiger partial charge is 0.350 e. The molecule has 10 heteroatoms. The lowest BCUT2D eigenvalue weighted by Crippen LogP contribution is -2.59. The molecular formula is C26H31N9O. The van der Waals surface area contributed by atoms with Gasteiger partial charge in [-0.1, -0.05) is 32.0 Å². The Morgan fingerprint density at radius 1 is 1.11 bits per heavy atom. The molecule has 2 fully saturated rings. The van der Waals surface area contributed by atoms with Crippen LogP contribution >= 0.6 is 0 Å². The number of anilines is 1. The summed E-state index contributed by atoms with van der Waals surface area (Å²) in [5, 5.41) is 12.5. The third-order valence-corrected chi connectivity index (χ3v) is 7.10. The SMILES string of the molecule is CC(C)c1cnn2c(NCc3ccccc3-n3cccn3)nc(CN3CC(N4CCCC4=O)C3)nc12. The molecule has 0 radical (unpaired) electrons. The van der Waals surface area contributed by atoms with Crippen molar-refractivity contribution in [3.63, 3.8) is 0 Å². The first kappa shape index (κ1) is 22.7. The Morgan fingerprint density at radius 3 is 2.72 bits per heavy atom. The summed E-state index contributed by atoms with van der Waals surface area (Å²) in [5.74, 6) is 2.02. The van der Waals surface area contributed by atoms with E-state index < -0.39 is 0 Å². The van der Waals surface area contributed by atoms with Gasteiger partial charge in [0, 0.05) is 50.6 Å². The predicted molar refractivity (Wildman–Crippen MR) is 136 cm³/mol. The number of nitrogens with one attached hydrogen (secondary N) is 1. The molecule has 0 saturated carbocycles. The van der Waals surface area contributed by atoms with E-state index in [-0.39, 0.29) is 0 Å². The Morgan fingerprint density at radius 2 is 1.97 bits per heavy atom. The molecule has 3 aromatic heterocycles. The minimum absolute atomic E-state index is 0.292. The number of carbonyl (C=O) groups is 1. The van der Waals surface area contributed by atoms with Crippen molar-refractivity contribution in [1.82, 2.24) is 39.2 Å². The quantitative estimate of drug-likeness (QED) is 0.410. The number of hydrogen-bond acceptors (Lipinski definition) is 7. The Kier molecular flexibility index (Phi) is 5.88. The van der Waals surface area contributed by atoms with E-state index in [1.165, 1.54) is 0 Å². The van der Waals surface area contributed by atoms with Crippen LogP contribution in [0.4, 0.5) is 5.95 Å². The van der Waals surface area contributed by atoms with Gasteiger partial charge in [-0.15, -0.1) is 0 Å². The highest BCUT2D eigenvalue weighted by Crippen LogP contribution is 2.25. The van der Waals surface area contributed by atoms with Gasteiger partial charge in [-0.3, -0.25) is 9.69 Å². The van der Waals surface area contributed by atoms with Gasteiger partial charge >= 0.3 is 0 Å². The zero-order chi connectivity index (χ0) is 24.6. The zero-order valence-corrected chi connectivity index (χ0v) is 20.7. The molecule has 2 saturated heterocycles. The number of fused-ring (bicyclic) bond motifs is 1. The molecule has 0 bridgehead atoms. The van der Waals surface area contributed by atoms with Crippen LogP contribution in [-0.4, -0.2) is 70.7 Å². The molecule has 2 aliphatic rings. The maximum absolute atomic E-state index is 12.1. The molecule has 0 unspecified atom stereocenters. The number of amides is 1. The summed E-state index contributed by atoms with van der Waals surface area (Å²) >= 11 is 0. The smallest absolute Gasteiger partial charge is 0.227 e. The van der Waals surface area contributed by atoms with Crippen LogP contribution in [0.1, 0.15) is 49.6 Å². The van der Waals surface area contributed by atoms with Crippen LogP contribution in [-0.2, 0) is 17.9 Å². The van der Waals surface area contributed by atoms with E-state index in [2.05, 4.69) is 46.4 Å². The van der Waals surface area contributed by atoms with E-state index in [1.807, 2.05) is 40.2 Å². The van der Waals surface area contributed by atoms with E-state index in [0.717, 1.165) is 54.3 Å². The molecule has 4 aromatic rings. The lowest BCUT2D eigenvalue weighted by atomic mass is 10.1. The summed E-state index contributed by atoms with van der Waals surface area (Å²) in [6.07, 6.45) is 7.28. The Balaban J connectivity index is 1.24. The van der Waals surface area contributed by atoms with Gasteiger partial charge in [0.15, 0.2) is 5.65 Å². The topological polar surface area (TPSA) is 96.5 Å². The highest BCUT2D eigenvalue weighted by Gasteiger charge is 2.36. The maximum atomic E-state index is 12.1. The fraction of sp³-hybridized carbons (Fsp3) is 0.423. The van der Waals surface area contributed by atoms with Gasteiger partial charge in [-0.25, -0.2) is 9.67 Å². The summed E-state index contributed by atoms with van der Waals surface area (Å²) in [5.41, 5.74) is 4.06. The summed E-state index contributed by atoms with van der Waals surface area (Å²) in [7, 11) is 0. The first-order chi connectivity index (χ1) is 17.6. The number of hydrogen-bond donors (Lipinski definition) is 1. The van der Waals surface area contributed by atoms with Gasteiger partial charge < -0.3 is 10.2 Å². The summed E-state index contributed by atoms with van der Waals surface area (Å²) in [4.78, 5) is 26.2. The van der Waals surface area contributed by atoms with E-state index in [9.17, 15) is 4.79 Å². The average Bonchev–Trinajstić information content (AvgIpc) is 3.61. The molecule has 2 aliphatic heterocycles. The Labute approximate surface area is 209 Å². The third-order valence-electron chi connectivity index (χ3n) is 7.10. The van der Waals surface area contributed by atoms with Gasteiger partial charge in [0.25, 0.3) is 0 Å². The first-order valence-corrected chi connectivity index (χ1v) is 12.6. The minimum atomic E-state index is 0.292. The highest BCUT2D eigenvalue weighted by molar-refractivity contribution is 5.78. The molecule has 10 nitrogen and oxygen atoms in total. The summed E-state index contributed by atoms with van der Waals surface area (Å²) in [6.45, 7) is 8.16. The summed E-state index contributed by atoms with van der Waals surface area (Å²) < 4.78 is 3.67. The number of nitrogens with zero attached hydrogens (tertiary/aromatic N) is 8. The molecule has 5 heterocycles. The molecule has 0 aliphatic carbocycles. The maximum Gasteiger partial charge on any atom is 0.227 e.